The topological polar surface area (TPSA) is 103 Å². The Labute approximate surface area is 197 Å². The molecule has 9 heteroatoms. The van der Waals surface area contributed by atoms with E-state index in [2.05, 4.69) is 9.97 Å². The molecule has 4 aromatic rings. The first-order valence-electron chi connectivity index (χ1n) is 10.7. The number of anilines is 1. The standard InChI is InChI=1S/C25H24N4O4S/c1-3-29(19-9-5-4-6-10-19)34(32,33)20-15-13-18(14-16-20)25(31)28(2)17-23-26-22-12-8-7-11-21(22)24(30)27-23/h4-16H,3,17H2,1-2H3,(H,26,27,30). The van der Waals surface area contributed by atoms with Gasteiger partial charge in [-0.1, -0.05) is 30.3 Å². The van der Waals surface area contributed by atoms with Crippen LogP contribution < -0.4 is 9.86 Å². The van der Waals surface area contributed by atoms with Crippen LogP contribution in [0.5, 0.6) is 0 Å². The summed E-state index contributed by atoms with van der Waals surface area (Å²) in [5.41, 5.74) is 1.18. The number of sulfonamides is 1. The lowest BCUT2D eigenvalue weighted by Crippen LogP contribution is -2.31. The highest BCUT2D eigenvalue weighted by Crippen LogP contribution is 2.23. The SMILES string of the molecule is CCN(c1ccccc1)S(=O)(=O)c1ccc(C(=O)N(C)Cc2nc3ccccc3c(=O)[nH]2)cc1. The molecule has 174 valence electrons. The summed E-state index contributed by atoms with van der Waals surface area (Å²) in [6, 6.07) is 21.7. The molecular formula is C25H24N4O4S. The zero-order valence-corrected chi connectivity index (χ0v) is 19.6. The minimum absolute atomic E-state index is 0.0938. The van der Waals surface area contributed by atoms with Gasteiger partial charge in [-0.15, -0.1) is 0 Å². The lowest BCUT2D eigenvalue weighted by atomic mass is 10.2. The fraction of sp³-hybridized carbons (Fsp3) is 0.160. The van der Waals surface area contributed by atoms with Crippen LogP contribution in [0.3, 0.4) is 0 Å². The van der Waals surface area contributed by atoms with Crippen LogP contribution in [0.2, 0.25) is 0 Å². The van der Waals surface area contributed by atoms with Crippen molar-refractivity contribution in [2.45, 2.75) is 18.4 Å². The molecule has 0 radical (unpaired) electrons. The summed E-state index contributed by atoms with van der Waals surface area (Å²) in [6.45, 7) is 2.13. The van der Waals surface area contributed by atoms with Gasteiger partial charge in [-0.25, -0.2) is 13.4 Å². The van der Waals surface area contributed by atoms with E-state index in [1.165, 1.54) is 33.5 Å². The van der Waals surface area contributed by atoms with E-state index in [0.29, 0.717) is 28.0 Å². The molecule has 0 saturated heterocycles. The molecule has 0 atom stereocenters. The maximum absolute atomic E-state index is 13.1. The number of hydrogen-bond acceptors (Lipinski definition) is 5. The molecule has 4 rings (SSSR count). The minimum Gasteiger partial charge on any atom is -0.334 e. The van der Waals surface area contributed by atoms with Crippen LogP contribution in [-0.2, 0) is 16.6 Å². The largest absolute Gasteiger partial charge is 0.334 e. The molecule has 1 heterocycles. The number of benzene rings is 3. The van der Waals surface area contributed by atoms with Crippen molar-refractivity contribution in [2.24, 2.45) is 0 Å². The zero-order chi connectivity index (χ0) is 24.3. The number of aromatic amines is 1. The van der Waals surface area contributed by atoms with E-state index in [1.54, 1.807) is 62.5 Å². The third-order valence-electron chi connectivity index (χ3n) is 5.42. The average molecular weight is 477 g/mol. The second kappa shape index (κ2) is 9.48. The average Bonchev–Trinajstić information content (AvgIpc) is 2.84. The molecule has 0 saturated carbocycles. The van der Waals surface area contributed by atoms with E-state index >= 15 is 0 Å². The highest BCUT2D eigenvalue weighted by Gasteiger charge is 2.24. The van der Waals surface area contributed by atoms with Gasteiger partial charge in [0.25, 0.3) is 21.5 Å². The molecule has 34 heavy (non-hydrogen) atoms. The van der Waals surface area contributed by atoms with Gasteiger partial charge in [0.2, 0.25) is 0 Å². The van der Waals surface area contributed by atoms with Crippen molar-refractivity contribution >= 4 is 32.5 Å². The molecule has 1 N–H and O–H groups in total. The number of fused-ring (bicyclic) bond motifs is 1. The van der Waals surface area contributed by atoms with Crippen LogP contribution in [0.1, 0.15) is 23.1 Å². The Morgan fingerprint density at radius 2 is 1.59 bits per heavy atom. The lowest BCUT2D eigenvalue weighted by Gasteiger charge is -2.23. The van der Waals surface area contributed by atoms with Gasteiger partial charge < -0.3 is 9.88 Å². The van der Waals surface area contributed by atoms with Crippen molar-refractivity contribution in [1.29, 1.82) is 0 Å². The number of aromatic nitrogens is 2. The van der Waals surface area contributed by atoms with Gasteiger partial charge in [0.05, 0.1) is 28.0 Å². The summed E-state index contributed by atoms with van der Waals surface area (Å²) >= 11 is 0. The Morgan fingerprint density at radius 3 is 2.26 bits per heavy atom. The summed E-state index contributed by atoms with van der Waals surface area (Å²) in [4.78, 5) is 33.8. The number of rotatable bonds is 7. The van der Waals surface area contributed by atoms with E-state index in [1.807, 2.05) is 6.07 Å². The molecular weight excluding hydrogens is 452 g/mol. The smallest absolute Gasteiger partial charge is 0.264 e. The van der Waals surface area contributed by atoms with Crippen LogP contribution in [0.25, 0.3) is 10.9 Å². The fourth-order valence-electron chi connectivity index (χ4n) is 3.71. The van der Waals surface area contributed by atoms with E-state index in [9.17, 15) is 18.0 Å². The summed E-state index contributed by atoms with van der Waals surface area (Å²) in [5, 5.41) is 0.480. The Hall–Kier alpha value is -3.98. The number of nitrogens with zero attached hydrogens (tertiary/aromatic N) is 3. The van der Waals surface area contributed by atoms with Gasteiger partial charge in [-0.3, -0.25) is 13.9 Å². The number of nitrogens with one attached hydrogen (secondary N) is 1. The minimum atomic E-state index is -3.78. The summed E-state index contributed by atoms with van der Waals surface area (Å²) in [7, 11) is -2.19. The summed E-state index contributed by atoms with van der Waals surface area (Å²) < 4.78 is 27.6. The first kappa shape index (κ1) is 23.2. The quantitative estimate of drug-likeness (QED) is 0.440. The number of carbonyl (C=O) groups is 1. The Morgan fingerprint density at radius 1 is 0.941 bits per heavy atom. The highest BCUT2D eigenvalue weighted by atomic mass is 32.2. The maximum atomic E-state index is 13.1. The molecule has 0 bridgehead atoms. The van der Waals surface area contributed by atoms with Crippen molar-refractivity contribution < 1.29 is 13.2 Å². The van der Waals surface area contributed by atoms with Crippen LogP contribution in [0.4, 0.5) is 5.69 Å². The molecule has 0 aliphatic heterocycles. The van der Waals surface area contributed by atoms with Crippen molar-refractivity contribution in [3.63, 3.8) is 0 Å². The van der Waals surface area contributed by atoms with Crippen molar-refractivity contribution in [3.05, 3.63) is 101 Å². The number of H-pyrrole nitrogens is 1. The third kappa shape index (κ3) is 4.55. The van der Waals surface area contributed by atoms with Gasteiger partial charge in [0, 0.05) is 19.2 Å². The number of hydrogen-bond donors (Lipinski definition) is 1. The first-order valence-corrected chi connectivity index (χ1v) is 12.2. The van der Waals surface area contributed by atoms with E-state index in [4.69, 9.17) is 0 Å². The van der Waals surface area contributed by atoms with Crippen LogP contribution in [-0.4, -0.2) is 42.8 Å². The monoisotopic (exact) mass is 476 g/mol. The second-order valence-corrected chi connectivity index (χ2v) is 9.58. The number of para-hydroxylation sites is 2. The van der Waals surface area contributed by atoms with Gasteiger partial charge in [0.1, 0.15) is 5.82 Å². The van der Waals surface area contributed by atoms with Crippen LogP contribution in [0.15, 0.2) is 88.6 Å². The van der Waals surface area contributed by atoms with Crippen molar-refractivity contribution in [3.8, 4) is 0 Å². The molecule has 8 nitrogen and oxygen atoms in total. The molecule has 1 amide bonds. The number of amides is 1. The Balaban J connectivity index is 1.53. The lowest BCUT2D eigenvalue weighted by molar-refractivity contribution is 0.0781. The summed E-state index contributed by atoms with van der Waals surface area (Å²) in [5.74, 6) is 0.0374. The first-order chi connectivity index (χ1) is 16.3. The molecule has 1 aromatic heterocycles. The molecule has 0 spiro atoms. The second-order valence-electron chi connectivity index (χ2n) is 7.72. The van der Waals surface area contributed by atoms with Gasteiger partial charge in [-0.2, -0.15) is 0 Å². The van der Waals surface area contributed by atoms with Gasteiger partial charge >= 0.3 is 0 Å². The normalized spacial score (nSPS) is 11.4. The predicted molar refractivity (Wildman–Crippen MR) is 131 cm³/mol. The highest BCUT2D eigenvalue weighted by molar-refractivity contribution is 7.92. The fourth-order valence-corrected chi connectivity index (χ4v) is 5.18. The Bertz CT molecular complexity index is 1480. The Kier molecular flexibility index (Phi) is 6.47. The van der Waals surface area contributed by atoms with E-state index < -0.39 is 10.0 Å². The van der Waals surface area contributed by atoms with Crippen molar-refractivity contribution in [2.75, 3.05) is 17.9 Å². The predicted octanol–water partition coefficient (Wildman–Crippen LogP) is 3.41. The molecule has 0 aliphatic carbocycles. The van der Waals surface area contributed by atoms with E-state index in [0.717, 1.165) is 0 Å². The number of carbonyl (C=O) groups excluding carboxylic acids is 1. The maximum Gasteiger partial charge on any atom is 0.264 e. The van der Waals surface area contributed by atoms with Crippen molar-refractivity contribution in [1.82, 2.24) is 14.9 Å². The molecule has 3 aromatic carbocycles. The molecule has 0 fully saturated rings. The third-order valence-corrected chi connectivity index (χ3v) is 7.33. The van der Waals surface area contributed by atoms with Gasteiger partial charge in [0.15, 0.2) is 0 Å². The van der Waals surface area contributed by atoms with Gasteiger partial charge in [-0.05, 0) is 55.5 Å². The molecule has 0 unspecified atom stereocenters. The van der Waals surface area contributed by atoms with E-state index in [-0.39, 0.29) is 29.5 Å². The zero-order valence-electron chi connectivity index (χ0n) is 18.8. The van der Waals surface area contributed by atoms with Crippen LogP contribution >= 0.6 is 0 Å². The summed E-state index contributed by atoms with van der Waals surface area (Å²) in [6.07, 6.45) is 0. The van der Waals surface area contributed by atoms with Crippen LogP contribution in [0, 0.1) is 0 Å². The molecule has 0 aliphatic rings.